The molecule has 0 bridgehead atoms. The van der Waals surface area contributed by atoms with Crippen LogP contribution in [0.1, 0.15) is 33.6 Å². The van der Waals surface area contributed by atoms with E-state index in [0.717, 1.165) is 19.4 Å². The van der Waals surface area contributed by atoms with E-state index in [1.165, 1.54) is 0 Å². The highest BCUT2D eigenvalue weighted by Crippen LogP contribution is 2.39. The number of amides is 1. The Hall–Kier alpha value is -0.770. The molecule has 1 heterocycles. The van der Waals surface area contributed by atoms with Gasteiger partial charge in [-0.05, 0) is 39.5 Å². The Morgan fingerprint density at radius 3 is 2.67 bits per heavy atom. The van der Waals surface area contributed by atoms with Crippen molar-refractivity contribution in [3.05, 3.63) is 0 Å². The van der Waals surface area contributed by atoms with Crippen LogP contribution in [0.2, 0.25) is 0 Å². The van der Waals surface area contributed by atoms with E-state index in [1.807, 2.05) is 25.7 Å². The first kappa shape index (κ1) is 10.7. The number of nitrogens with zero attached hydrogens (tertiary/aromatic N) is 1. The van der Waals surface area contributed by atoms with Gasteiger partial charge in [-0.3, -0.25) is 0 Å². The molecule has 15 heavy (non-hydrogen) atoms. The van der Waals surface area contributed by atoms with Crippen LogP contribution in [-0.2, 0) is 4.74 Å². The first-order valence-corrected chi connectivity index (χ1v) is 5.64. The second-order valence-corrected chi connectivity index (χ2v) is 5.61. The van der Waals surface area contributed by atoms with Gasteiger partial charge in [0.15, 0.2) is 0 Å². The molecule has 4 nitrogen and oxygen atoms in total. The number of fused-ring (bicyclic) bond motifs is 1. The molecule has 2 fully saturated rings. The summed E-state index contributed by atoms with van der Waals surface area (Å²) >= 11 is 0. The van der Waals surface area contributed by atoms with Crippen molar-refractivity contribution in [3.63, 3.8) is 0 Å². The second kappa shape index (κ2) is 3.37. The van der Waals surface area contributed by atoms with E-state index in [0.29, 0.717) is 5.92 Å². The van der Waals surface area contributed by atoms with Crippen LogP contribution in [0, 0.1) is 5.92 Å². The molecule has 2 N–H and O–H groups in total. The summed E-state index contributed by atoms with van der Waals surface area (Å²) in [6.45, 7) is 6.47. The van der Waals surface area contributed by atoms with Crippen molar-refractivity contribution in [3.8, 4) is 0 Å². The molecular weight excluding hydrogens is 192 g/mol. The summed E-state index contributed by atoms with van der Waals surface area (Å²) in [6, 6.07) is 0.393. The molecule has 0 aromatic carbocycles. The lowest BCUT2D eigenvalue weighted by molar-refractivity contribution is 0.00928. The Balaban J connectivity index is 1.97. The zero-order valence-corrected chi connectivity index (χ0v) is 9.69. The third kappa shape index (κ3) is 1.95. The van der Waals surface area contributed by atoms with E-state index < -0.39 is 5.60 Å². The molecule has 86 valence electrons. The summed E-state index contributed by atoms with van der Waals surface area (Å²) in [4.78, 5) is 13.7. The van der Waals surface area contributed by atoms with E-state index in [2.05, 4.69) is 0 Å². The van der Waals surface area contributed by atoms with Crippen LogP contribution in [0.25, 0.3) is 0 Å². The lowest BCUT2D eigenvalue weighted by Gasteiger charge is -2.42. The van der Waals surface area contributed by atoms with Crippen LogP contribution in [-0.4, -0.2) is 35.2 Å². The van der Waals surface area contributed by atoms with Gasteiger partial charge in [-0.1, -0.05) is 0 Å². The van der Waals surface area contributed by atoms with Crippen LogP contribution in [0.15, 0.2) is 0 Å². The van der Waals surface area contributed by atoms with Crippen LogP contribution < -0.4 is 5.73 Å². The number of carbonyl (C=O) groups excluding carboxylic acids is 1. The van der Waals surface area contributed by atoms with Gasteiger partial charge in [0.05, 0.1) is 6.04 Å². The maximum absolute atomic E-state index is 11.8. The van der Waals surface area contributed by atoms with Crippen molar-refractivity contribution in [1.82, 2.24) is 4.90 Å². The molecule has 1 saturated carbocycles. The quantitative estimate of drug-likeness (QED) is 0.659. The van der Waals surface area contributed by atoms with E-state index in [1.54, 1.807) is 0 Å². The molecule has 4 heteroatoms. The van der Waals surface area contributed by atoms with Gasteiger partial charge >= 0.3 is 6.09 Å². The number of rotatable bonds is 0. The first-order valence-electron chi connectivity index (χ1n) is 5.64. The largest absolute Gasteiger partial charge is 0.444 e. The van der Waals surface area contributed by atoms with Gasteiger partial charge in [0, 0.05) is 12.6 Å². The van der Waals surface area contributed by atoms with Crippen molar-refractivity contribution in [2.45, 2.75) is 51.3 Å². The molecule has 0 radical (unpaired) electrons. The number of ether oxygens (including phenoxy) is 1. The SMILES string of the molecule is CC(C)(C)OC(=O)N1CC[C@@H]2C[C@H](N)[C@@H]21. The Morgan fingerprint density at radius 2 is 2.13 bits per heavy atom. The summed E-state index contributed by atoms with van der Waals surface area (Å²) in [7, 11) is 0. The maximum atomic E-state index is 11.8. The van der Waals surface area contributed by atoms with Crippen molar-refractivity contribution in [1.29, 1.82) is 0 Å². The molecule has 1 amide bonds. The Kier molecular flexibility index (Phi) is 2.41. The monoisotopic (exact) mass is 212 g/mol. The predicted molar refractivity (Wildman–Crippen MR) is 57.4 cm³/mol. The number of nitrogens with two attached hydrogens (primary N) is 1. The minimum Gasteiger partial charge on any atom is -0.444 e. The minimum absolute atomic E-state index is 0.157. The van der Waals surface area contributed by atoms with Crippen molar-refractivity contribution >= 4 is 6.09 Å². The zero-order chi connectivity index (χ0) is 11.2. The molecule has 1 aliphatic heterocycles. The van der Waals surface area contributed by atoms with Crippen molar-refractivity contribution in [2.75, 3.05) is 6.54 Å². The van der Waals surface area contributed by atoms with E-state index >= 15 is 0 Å². The average molecular weight is 212 g/mol. The summed E-state index contributed by atoms with van der Waals surface area (Å²) < 4.78 is 5.35. The summed E-state index contributed by atoms with van der Waals surface area (Å²) in [5, 5.41) is 0. The smallest absolute Gasteiger partial charge is 0.410 e. The molecule has 3 atom stereocenters. The van der Waals surface area contributed by atoms with Crippen LogP contribution >= 0.6 is 0 Å². The number of hydrogen-bond donors (Lipinski definition) is 1. The number of carbonyl (C=O) groups is 1. The highest BCUT2D eigenvalue weighted by atomic mass is 16.6. The minimum atomic E-state index is -0.414. The number of likely N-dealkylation sites (tertiary alicyclic amines) is 1. The molecule has 1 aliphatic carbocycles. The molecular formula is C11H20N2O2. The van der Waals surface area contributed by atoms with Crippen LogP contribution in [0.4, 0.5) is 4.79 Å². The first-order chi connectivity index (χ1) is 6.88. The Labute approximate surface area is 90.8 Å². The molecule has 0 unspecified atom stereocenters. The fourth-order valence-electron chi connectivity index (χ4n) is 2.54. The van der Waals surface area contributed by atoms with Crippen LogP contribution in [0.5, 0.6) is 0 Å². The van der Waals surface area contributed by atoms with E-state index in [-0.39, 0.29) is 18.2 Å². The Bertz CT molecular complexity index is 272. The molecule has 2 aliphatic rings. The average Bonchev–Trinajstić information content (AvgIpc) is 2.38. The van der Waals surface area contributed by atoms with Gasteiger partial charge in [0.25, 0.3) is 0 Å². The fraction of sp³-hybridized carbons (Fsp3) is 0.909. The second-order valence-electron chi connectivity index (χ2n) is 5.61. The Morgan fingerprint density at radius 1 is 1.47 bits per heavy atom. The summed E-state index contributed by atoms with van der Waals surface area (Å²) in [5.74, 6) is 0.618. The summed E-state index contributed by atoms with van der Waals surface area (Å²) in [5.41, 5.74) is 5.49. The third-order valence-corrected chi connectivity index (χ3v) is 3.23. The van der Waals surface area contributed by atoms with Gasteiger partial charge < -0.3 is 15.4 Å². The van der Waals surface area contributed by atoms with Gasteiger partial charge in [-0.15, -0.1) is 0 Å². The lowest BCUT2D eigenvalue weighted by atomic mass is 9.76. The predicted octanol–water partition coefficient (Wildman–Crippen LogP) is 1.34. The summed E-state index contributed by atoms with van der Waals surface area (Å²) in [6.07, 6.45) is 1.94. The zero-order valence-electron chi connectivity index (χ0n) is 9.69. The topological polar surface area (TPSA) is 55.6 Å². The lowest BCUT2D eigenvalue weighted by Crippen LogP contribution is -2.58. The van der Waals surface area contributed by atoms with Crippen LogP contribution in [0.3, 0.4) is 0 Å². The third-order valence-electron chi connectivity index (χ3n) is 3.23. The highest BCUT2D eigenvalue weighted by Gasteiger charge is 2.49. The number of hydrogen-bond acceptors (Lipinski definition) is 3. The van der Waals surface area contributed by atoms with E-state index in [4.69, 9.17) is 10.5 Å². The molecule has 0 aromatic rings. The van der Waals surface area contributed by atoms with Gasteiger partial charge in [-0.2, -0.15) is 0 Å². The molecule has 0 aromatic heterocycles. The van der Waals surface area contributed by atoms with Crippen molar-refractivity contribution < 1.29 is 9.53 Å². The normalized spacial score (nSPS) is 34.7. The van der Waals surface area contributed by atoms with Gasteiger partial charge in [-0.25, -0.2) is 4.79 Å². The molecule has 0 spiro atoms. The fourth-order valence-corrected chi connectivity index (χ4v) is 2.54. The van der Waals surface area contributed by atoms with Gasteiger partial charge in [0.1, 0.15) is 5.60 Å². The molecule has 2 rings (SSSR count). The highest BCUT2D eigenvalue weighted by molar-refractivity contribution is 5.69. The maximum Gasteiger partial charge on any atom is 0.410 e. The van der Waals surface area contributed by atoms with E-state index in [9.17, 15) is 4.79 Å². The standard InChI is InChI=1S/C11H20N2O2/c1-11(2,3)15-10(14)13-5-4-7-6-8(12)9(7)13/h7-9H,4-6,12H2,1-3H3/t7-,8+,9-/m1/s1. The van der Waals surface area contributed by atoms with Crippen molar-refractivity contribution in [2.24, 2.45) is 11.7 Å². The van der Waals surface area contributed by atoms with Gasteiger partial charge in [0.2, 0.25) is 0 Å². The molecule has 1 saturated heterocycles.